The topological polar surface area (TPSA) is 37.3 Å². The van der Waals surface area contributed by atoms with Crippen LogP contribution < -0.4 is 5.32 Å². The Labute approximate surface area is 149 Å². The zero-order valence-electron chi connectivity index (χ0n) is 13.7. The number of fused-ring (bicyclic) bond motifs is 3. The molecule has 0 radical (unpaired) electrons. The second-order valence-corrected chi connectivity index (χ2v) is 6.69. The molecule has 0 bridgehead atoms. The van der Waals surface area contributed by atoms with Crippen LogP contribution in [0.5, 0.6) is 0 Å². The molecule has 0 unspecified atom stereocenters. The van der Waals surface area contributed by atoms with Gasteiger partial charge >= 0.3 is 6.03 Å². The first-order valence-electron chi connectivity index (χ1n) is 8.10. The lowest BCUT2D eigenvalue weighted by molar-refractivity contribution is 0.206. The lowest BCUT2D eigenvalue weighted by Crippen LogP contribution is -2.39. The molecule has 4 nitrogen and oxygen atoms in total. The summed E-state index contributed by atoms with van der Waals surface area (Å²) in [4.78, 5) is 14.3. The van der Waals surface area contributed by atoms with Gasteiger partial charge in [0.1, 0.15) is 5.82 Å². The molecule has 0 aliphatic carbocycles. The smallest absolute Gasteiger partial charge is 0.322 e. The molecule has 0 spiro atoms. The predicted molar refractivity (Wildman–Crippen MR) is 97.5 cm³/mol. The first kappa shape index (κ1) is 16.0. The van der Waals surface area contributed by atoms with E-state index in [9.17, 15) is 9.18 Å². The molecule has 2 aromatic carbocycles. The summed E-state index contributed by atoms with van der Waals surface area (Å²) in [5.74, 6) is -0.263. The Kier molecular flexibility index (Phi) is 3.88. The molecule has 1 aromatic heterocycles. The van der Waals surface area contributed by atoms with E-state index < -0.39 is 0 Å². The minimum absolute atomic E-state index is 0.179. The van der Waals surface area contributed by atoms with Gasteiger partial charge in [-0.1, -0.05) is 17.7 Å². The fourth-order valence-corrected chi connectivity index (χ4v) is 3.68. The molecule has 0 saturated heterocycles. The summed E-state index contributed by atoms with van der Waals surface area (Å²) in [6.07, 6.45) is 0.741. The van der Waals surface area contributed by atoms with Crippen molar-refractivity contribution in [3.63, 3.8) is 0 Å². The Balaban J connectivity index is 1.62. The van der Waals surface area contributed by atoms with Crippen LogP contribution in [0.1, 0.15) is 11.3 Å². The van der Waals surface area contributed by atoms with Crippen molar-refractivity contribution in [3.8, 4) is 0 Å². The fraction of sp³-hybridized carbons (Fsp3) is 0.211. The number of aryl methyl sites for hydroxylation is 1. The van der Waals surface area contributed by atoms with Crippen LogP contribution in [0.15, 0.2) is 42.5 Å². The number of amides is 2. The minimum atomic E-state index is -0.263. The van der Waals surface area contributed by atoms with Crippen LogP contribution in [0.25, 0.3) is 10.9 Å². The van der Waals surface area contributed by atoms with Gasteiger partial charge in [0.05, 0.1) is 0 Å². The van der Waals surface area contributed by atoms with Crippen LogP contribution in [0.3, 0.4) is 0 Å². The number of carbonyl (C=O) groups is 1. The number of hydrogen-bond donors (Lipinski definition) is 1. The Morgan fingerprint density at radius 2 is 2.08 bits per heavy atom. The number of halogens is 2. The van der Waals surface area contributed by atoms with E-state index in [2.05, 4.69) is 9.88 Å². The van der Waals surface area contributed by atoms with Gasteiger partial charge in [0.2, 0.25) is 0 Å². The van der Waals surface area contributed by atoms with E-state index in [4.69, 9.17) is 11.6 Å². The Morgan fingerprint density at radius 3 is 2.88 bits per heavy atom. The standard InChI is InChI=1S/C19H17ClFN3O/c1-23-17-6-5-13(21)10-15(17)16-11-24(8-7-18(16)23)19(25)22-14-4-2-3-12(20)9-14/h2-6,9-10H,7-8,11H2,1H3,(H,22,25). The van der Waals surface area contributed by atoms with Crippen LogP contribution in [0, 0.1) is 5.82 Å². The molecule has 0 saturated carbocycles. The van der Waals surface area contributed by atoms with Crippen LogP contribution >= 0.6 is 11.6 Å². The van der Waals surface area contributed by atoms with E-state index >= 15 is 0 Å². The number of rotatable bonds is 1. The van der Waals surface area contributed by atoms with Gasteiger partial charge < -0.3 is 14.8 Å². The number of nitrogens with one attached hydrogen (secondary N) is 1. The number of carbonyl (C=O) groups excluding carboxylic acids is 1. The molecular weight excluding hydrogens is 341 g/mol. The van der Waals surface area contributed by atoms with Crippen molar-refractivity contribution in [2.75, 3.05) is 11.9 Å². The highest BCUT2D eigenvalue weighted by Crippen LogP contribution is 2.31. The van der Waals surface area contributed by atoms with E-state index in [1.54, 1.807) is 41.3 Å². The quantitative estimate of drug-likeness (QED) is 0.681. The van der Waals surface area contributed by atoms with Gasteiger partial charge in [0.15, 0.2) is 0 Å². The zero-order chi connectivity index (χ0) is 17.6. The van der Waals surface area contributed by atoms with Crippen LogP contribution in [0.2, 0.25) is 5.02 Å². The first-order valence-corrected chi connectivity index (χ1v) is 8.48. The van der Waals surface area contributed by atoms with Crippen molar-refractivity contribution in [2.45, 2.75) is 13.0 Å². The monoisotopic (exact) mass is 357 g/mol. The highest BCUT2D eigenvalue weighted by atomic mass is 35.5. The molecule has 3 aromatic rings. The van der Waals surface area contributed by atoms with Gasteiger partial charge in [0, 0.05) is 59.4 Å². The predicted octanol–water partition coefficient (Wildman–Crippen LogP) is 4.56. The number of aromatic nitrogens is 1. The molecule has 128 valence electrons. The molecule has 4 rings (SSSR count). The van der Waals surface area contributed by atoms with E-state index in [-0.39, 0.29) is 11.8 Å². The summed E-state index contributed by atoms with van der Waals surface area (Å²) in [6, 6.07) is 11.7. The maximum atomic E-state index is 13.7. The number of benzene rings is 2. The summed E-state index contributed by atoms with van der Waals surface area (Å²) >= 11 is 5.96. The maximum Gasteiger partial charge on any atom is 0.322 e. The molecule has 1 aliphatic rings. The molecular formula is C19H17ClFN3O. The number of hydrogen-bond acceptors (Lipinski definition) is 1. The molecule has 1 N–H and O–H groups in total. The van der Waals surface area contributed by atoms with E-state index in [1.807, 2.05) is 7.05 Å². The molecule has 0 fully saturated rings. The molecule has 2 amide bonds. The lowest BCUT2D eigenvalue weighted by atomic mass is 10.0. The maximum absolute atomic E-state index is 13.7. The van der Waals surface area contributed by atoms with Gasteiger partial charge in [-0.15, -0.1) is 0 Å². The van der Waals surface area contributed by atoms with Crippen molar-refractivity contribution in [2.24, 2.45) is 7.05 Å². The minimum Gasteiger partial charge on any atom is -0.347 e. The molecule has 1 aliphatic heterocycles. The number of nitrogens with zero attached hydrogens (tertiary/aromatic N) is 2. The van der Waals surface area contributed by atoms with Crippen molar-refractivity contribution < 1.29 is 9.18 Å². The van der Waals surface area contributed by atoms with Gasteiger partial charge in [-0.05, 0) is 36.4 Å². The summed E-state index contributed by atoms with van der Waals surface area (Å²) in [5.41, 5.74) is 3.83. The van der Waals surface area contributed by atoms with E-state index in [1.165, 1.54) is 6.07 Å². The summed E-state index contributed by atoms with van der Waals surface area (Å²) in [5, 5.41) is 4.32. The average Bonchev–Trinajstić information content (AvgIpc) is 2.86. The zero-order valence-corrected chi connectivity index (χ0v) is 14.5. The second-order valence-electron chi connectivity index (χ2n) is 6.26. The third-order valence-corrected chi connectivity index (χ3v) is 4.96. The molecule has 25 heavy (non-hydrogen) atoms. The summed E-state index contributed by atoms with van der Waals surface area (Å²) < 4.78 is 15.8. The van der Waals surface area contributed by atoms with Crippen LogP contribution in [-0.4, -0.2) is 22.0 Å². The largest absolute Gasteiger partial charge is 0.347 e. The number of anilines is 1. The van der Waals surface area contributed by atoms with Crippen LogP contribution in [-0.2, 0) is 20.0 Å². The van der Waals surface area contributed by atoms with Crippen molar-refractivity contribution in [1.29, 1.82) is 0 Å². The third kappa shape index (κ3) is 2.85. The van der Waals surface area contributed by atoms with Gasteiger partial charge in [-0.3, -0.25) is 0 Å². The SMILES string of the molecule is Cn1c2c(c3cc(F)ccc31)CN(C(=O)Nc1cccc(Cl)c1)CC2. The summed E-state index contributed by atoms with van der Waals surface area (Å²) in [7, 11) is 1.99. The second kappa shape index (κ2) is 6.08. The normalized spacial score (nSPS) is 13.8. The van der Waals surface area contributed by atoms with E-state index in [0.717, 1.165) is 28.6 Å². The Hall–Kier alpha value is -2.53. The Bertz CT molecular complexity index is 982. The van der Waals surface area contributed by atoms with Gasteiger partial charge in [-0.25, -0.2) is 9.18 Å². The fourth-order valence-electron chi connectivity index (χ4n) is 3.49. The summed E-state index contributed by atoms with van der Waals surface area (Å²) in [6.45, 7) is 1.08. The molecule has 2 heterocycles. The average molecular weight is 358 g/mol. The highest BCUT2D eigenvalue weighted by Gasteiger charge is 2.26. The molecule has 0 atom stereocenters. The van der Waals surface area contributed by atoms with Gasteiger partial charge in [0.25, 0.3) is 0 Å². The first-order chi connectivity index (χ1) is 12.0. The third-order valence-electron chi connectivity index (χ3n) is 4.73. The molecule has 6 heteroatoms. The van der Waals surface area contributed by atoms with Crippen molar-refractivity contribution in [1.82, 2.24) is 9.47 Å². The lowest BCUT2D eigenvalue weighted by Gasteiger charge is -2.28. The highest BCUT2D eigenvalue weighted by molar-refractivity contribution is 6.30. The van der Waals surface area contributed by atoms with Crippen molar-refractivity contribution >= 4 is 34.2 Å². The van der Waals surface area contributed by atoms with Gasteiger partial charge in [-0.2, -0.15) is 0 Å². The number of urea groups is 1. The van der Waals surface area contributed by atoms with Crippen molar-refractivity contribution in [3.05, 3.63) is 64.6 Å². The van der Waals surface area contributed by atoms with Crippen LogP contribution in [0.4, 0.5) is 14.9 Å². The Morgan fingerprint density at radius 1 is 1.24 bits per heavy atom. The van der Waals surface area contributed by atoms with E-state index in [0.29, 0.717) is 23.8 Å².